The van der Waals surface area contributed by atoms with Crippen LogP contribution < -0.4 is 0 Å². The van der Waals surface area contributed by atoms with Gasteiger partial charge in [-0.3, -0.25) is 0 Å². The number of carbonyl (C=O) groups excluding carboxylic acids is 1. The predicted molar refractivity (Wildman–Crippen MR) is 63.6 cm³/mol. The first-order valence-electron chi connectivity index (χ1n) is 5.83. The molecule has 0 heterocycles. The van der Waals surface area contributed by atoms with Crippen LogP contribution in [0.1, 0.15) is 0 Å². The molecule has 0 aromatic rings. The van der Waals surface area contributed by atoms with Gasteiger partial charge in [-0.15, -0.1) is 0 Å². The molecule has 5 nitrogen and oxygen atoms in total. The van der Waals surface area contributed by atoms with E-state index in [9.17, 15) is 52.7 Å². The standard InChI is InChI=1S/C10H10F9NO4S/c1-3-6(21)24-5-4-20(2)25(22,23)10(18,19)8(13,14)7(11,12)9(15,16)17/h3H,1,4-5H2,2H3. The molecule has 0 saturated carbocycles. The van der Waals surface area contributed by atoms with Gasteiger partial charge in [-0.25, -0.2) is 13.2 Å². The Kier molecular flexibility index (Phi) is 6.59. The first-order valence-corrected chi connectivity index (χ1v) is 7.27. The highest BCUT2D eigenvalue weighted by Gasteiger charge is 2.85. The van der Waals surface area contributed by atoms with Crippen molar-refractivity contribution in [3.8, 4) is 0 Å². The Morgan fingerprint density at radius 3 is 1.84 bits per heavy atom. The summed E-state index contributed by atoms with van der Waals surface area (Å²) in [4.78, 5) is 10.6. The molecule has 0 bridgehead atoms. The molecule has 0 fully saturated rings. The lowest BCUT2D eigenvalue weighted by atomic mass is 10.1. The van der Waals surface area contributed by atoms with Crippen molar-refractivity contribution in [3.63, 3.8) is 0 Å². The maximum Gasteiger partial charge on any atom is 0.460 e. The zero-order chi connectivity index (χ0) is 20.5. The van der Waals surface area contributed by atoms with Crippen LogP contribution in [0.25, 0.3) is 0 Å². The van der Waals surface area contributed by atoms with Crippen LogP contribution in [-0.4, -0.2) is 62.2 Å². The number of rotatable bonds is 8. The molecule has 0 radical (unpaired) electrons. The SMILES string of the molecule is C=CC(=O)OCCN(C)S(=O)(=O)C(F)(F)C(F)(F)C(F)(F)C(F)(F)F. The van der Waals surface area contributed by atoms with Crippen molar-refractivity contribution in [2.75, 3.05) is 20.2 Å². The topological polar surface area (TPSA) is 63.7 Å². The quantitative estimate of drug-likeness (QED) is 0.350. The third-order valence-electron chi connectivity index (χ3n) is 2.67. The zero-order valence-electron chi connectivity index (χ0n) is 12.1. The van der Waals surface area contributed by atoms with Crippen LogP contribution in [0.15, 0.2) is 12.7 Å². The van der Waals surface area contributed by atoms with Gasteiger partial charge in [0.2, 0.25) is 0 Å². The van der Waals surface area contributed by atoms with E-state index < -0.39 is 56.7 Å². The molecule has 0 atom stereocenters. The Hall–Kier alpha value is -1.51. The monoisotopic (exact) mass is 411 g/mol. The van der Waals surface area contributed by atoms with Crippen molar-refractivity contribution in [2.24, 2.45) is 0 Å². The predicted octanol–water partition coefficient (Wildman–Crippen LogP) is 2.40. The number of halogens is 9. The third-order valence-corrected chi connectivity index (χ3v) is 4.57. The van der Waals surface area contributed by atoms with Crippen molar-refractivity contribution in [1.29, 1.82) is 0 Å². The van der Waals surface area contributed by atoms with Crippen molar-refractivity contribution in [2.45, 2.75) is 23.3 Å². The lowest BCUT2D eigenvalue weighted by molar-refractivity contribution is -0.382. The molecule has 0 aliphatic carbocycles. The number of hydrogen-bond acceptors (Lipinski definition) is 4. The smallest absolute Gasteiger partial charge is 0.460 e. The lowest BCUT2D eigenvalue weighted by Crippen LogP contribution is -2.65. The molecule has 0 saturated heterocycles. The van der Waals surface area contributed by atoms with Gasteiger partial charge in [0, 0.05) is 19.7 Å². The highest BCUT2D eigenvalue weighted by atomic mass is 32.2. The molecule has 0 aromatic carbocycles. The van der Waals surface area contributed by atoms with Gasteiger partial charge in [0.15, 0.2) is 0 Å². The van der Waals surface area contributed by atoms with Crippen LogP contribution in [0.3, 0.4) is 0 Å². The van der Waals surface area contributed by atoms with E-state index in [0.29, 0.717) is 6.08 Å². The lowest BCUT2D eigenvalue weighted by Gasteiger charge is -2.34. The van der Waals surface area contributed by atoms with E-state index in [-0.39, 0.29) is 7.05 Å². The fourth-order valence-electron chi connectivity index (χ4n) is 1.17. The summed E-state index contributed by atoms with van der Waals surface area (Å²) < 4.78 is 140. The summed E-state index contributed by atoms with van der Waals surface area (Å²) in [5, 5.41) is -6.82. The van der Waals surface area contributed by atoms with Crippen LogP contribution >= 0.6 is 0 Å². The average molecular weight is 411 g/mol. The molecule has 0 unspecified atom stereocenters. The highest BCUT2D eigenvalue weighted by molar-refractivity contribution is 7.90. The first-order chi connectivity index (χ1) is 10.9. The van der Waals surface area contributed by atoms with Crippen molar-refractivity contribution in [3.05, 3.63) is 12.7 Å². The number of alkyl halides is 9. The molecule has 148 valence electrons. The molecular weight excluding hydrogens is 401 g/mol. The van der Waals surface area contributed by atoms with Crippen molar-refractivity contribution >= 4 is 16.0 Å². The largest absolute Gasteiger partial charge is 0.461 e. The molecule has 0 amide bonds. The maximum absolute atomic E-state index is 13.4. The highest BCUT2D eigenvalue weighted by Crippen LogP contribution is 2.55. The molecule has 0 spiro atoms. The van der Waals surface area contributed by atoms with Crippen LogP contribution in [0.2, 0.25) is 0 Å². The normalized spacial score (nSPS) is 14.5. The third kappa shape index (κ3) is 4.02. The summed E-state index contributed by atoms with van der Waals surface area (Å²) in [6, 6.07) is 0. The van der Waals surface area contributed by atoms with Gasteiger partial charge in [-0.2, -0.15) is 43.8 Å². The summed E-state index contributed by atoms with van der Waals surface area (Å²) in [5.41, 5.74) is 0. The number of ether oxygens (including phenoxy) is 1. The Morgan fingerprint density at radius 1 is 1.04 bits per heavy atom. The van der Waals surface area contributed by atoms with Crippen LogP contribution in [0.4, 0.5) is 39.5 Å². The van der Waals surface area contributed by atoms with Gasteiger partial charge in [0.05, 0.1) is 0 Å². The summed E-state index contributed by atoms with van der Waals surface area (Å²) >= 11 is 0. The van der Waals surface area contributed by atoms with E-state index in [2.05, 4.69) is 11.3 Å². The van der Waals surface area contributed by atoms with Crippen molar-refractivity contribution < 1.29 is 57.5 Å². The number of sulfonamides is 1. The summed E-state index contributed by atoms with van der Waals surface area (Å²) in [6.45, 7) is 0.694. The van der Waals surface area contributed by atoms with E-state index in [4.69, 9.17) is 0 Å². The molecule has 0 aromatic heterocycles. The van der Waals surface area contributed by atoms with Crippen LogP contribution in [-0.2, 0) is 19.6 Å². The Bertz CT molecular complexity index is 614. The molecule has 0 aliphatic heterocycles. The summed E-state index contributed by atoms with van der Waals surface area (Å²) in [5.74, 6) is -15.8. The van der Waals surface area contributed by atoms with E-state index >= 15 is 0 Å². The molecule has 0 aliphatic rings. The fourth-order valence-corrected chi connectivity index (χ4v) is 2.33. The average Bonchev–Trinajstić information content (AvgIpc) is 2.44. The minimum Gasteiger partial charge on any atom is -0.461 e. The number of hydrogen-bond donors (Lipinski definition) is 0. The van der Waals surface area contributed by atoms with Crippen LogP contribution in [0.5, 0.6) is 0 Å². The van der Waals surface area contributed by atoms with E-state index in [1.807, 2.05) is 0 Å². The van der Waals surface area contributed by atoms with Gasteiger partial charge in [-0.05, 0) is 0 Å². The van der Waals surface area contributed by atoms with E-state index in [1.165, 1.54) is 0 Å². The second kappa shape index (κ2) is 7.01. The fraction of sp³-hybridized carbons (Fsp3) is 0.700. The van der Waals surface area contributed by atoms with Gasteiger partial charge in [-0.1, -0.05) is 6.58 Å². The van der Waals surface area contributed by atoms with E-state index in [0.717, 1.165) is 0 Å². The van der Waals surface area contributed by atoms with Crippen LogP contribution in [0, 0.1) is 0 Å². The molecule has 0 rings (SSSR count). The first kappa shape index (κ1) is 23.5. The Labute approximate surface area is 135 Å². The number of carbonyl (C=O) groups is 1. The Balaban J connectivity index is 5.66. The minimum atomic E-state index is -7.34. The second-order valence-electron chi connectivity index (χ2n) is 4.36. The molecule has 25 heavy (non-hydrogen) atoms. The Morgan fingerprint density at radius 2 is 1.48 bits per heavy atom. The van der Waals surface area contributed by atoms with Gasteiger partial charge in [0.25, 0.3) is 10.0 Å². The number of esters is 1. The van der Waals surface area contributed by atoms with Crippen molar-refractivity contribution in [1.82, 2.24) is 4.31 Å². The maximum atomic E-state index is 13.4. The van der Waals surface area contributed by atoms with Gasteiger partial charge < -0.3 is 4.74 Å². The summed E-state index contributed by atoms with van der Waals surface area (Å²) in [6.07, 6.45) is -6.57. The molecule has 0 N–H and O–H groups in total. The number of likely N-dealkylation sites (N-methyl/N-ethyl adjacent to an activating group) is 1. The molecular formula is C10H10F9NO4S. The van der Waals surface area contributed by atoms with Gasteiger partial charge >= 0.3 is 29.2 Å². The second-order valence-corrected chi connectivity index (χ2v) is 6.45. The minimum absolute atomic E-state index is 0.187. The zero-order valence-corrected chi connectivity index (χ0v) is 12.9. The van der Waals surface area contributed by atoms with E-state index in [1.54, 1.807) is 0 Å². The molecule has 15 heteroatoms. The summed E-state index contributed by atoms with van der Waals surface area (Å²) in [7, 11) is -6.50. The number of nitrogens with zero attached hydrogens (tertiary/aromatic N) is 1. The van der Waals surface area contributed by atoms with Gasteiger partial charge in [0.1, 0.15) is 6.61 Å².